The van der Waals surface area contributed by atoms with Gasteiger partial charge in [-0.3, -0.25) is 10.0 Å². The molecule has 1 heterocycles. The summed E-state index contributed by atoms with van der Waals surface area (Å²) in [7, 11) is -3.59. The minimum atomic E-state index is -3.59. The van der Waals surface area contributed by atoms with E-state index in [9.17, 15) is 32.0 Å². The number of likely N-dealkylation sites (tertiary alicyclic amines) is 1. The first-order valence-electron chi connectivity index (χ1n) is 10.0. The van der Waals surface area contributed by atoms with Crippen molar-refractivity contribution in [2.75, 3.05) is 24.7 Å². The minimum absolute atomic E-state index is 0.153. The molecule has 1 aliphatic heterocycles. The zero-order chi connectivity index (χ0) is 25.0. The van der Waals surface area contributed by atoms with Gasteiger partial charge in [0.25, 0.3) is 0 Å². The van der Waals surface area contributed by atoms with Crippen LogP contribution in [0, 0.1) is 17.6 Å². The van der Waals surface area contributed by atoms with Gasteiger partial charge in [0.1, 0.15) is 11.6 Å². The number of benzene rings is 2. The number of amides is 2. The number of amidine groups is 1. The van der Waals surface area contributed by atoms with Crippen molar-refractivity contribution in [1.82, 2.24) is 10.4 Å². The zero-order valence-electron chi connectivity index (χ0n) is 17.9. The van der Waals surface area contributed by atoms with Gasteiger partial charge in [0.15, 0.2) is 15.7 Å². The molecular weight excluding hydrogens is 538 g/mol. The van der Waals surface area contributed by atoms with E-state index in [4.69, 9.17) is 0 Å². The number of aliphatic imine (C=N–C) groups is 1. The fourth-order valence-electron chi connectivity index (χ4n) is 3.38. The quantitative estimate of drug-likeness (QED) is 0.292. The lowest BCUT2D eigenvalue weighted by atomic mass is 9.92. The Morgan fingerprint density at radius 2 is 1.79 bits per heavy atom. The fraction of sp³-hybridized carbons (Fsp3) is 0.286. The number of urea groups is 1. The van der Waals surface area contributed by atoms with Gasteiger partial charge in [-0.2, -0.15) is 0 Å². The molecule has 0 aromatic heterocycles. The summed E-state index contributed by atoms with van der Waals surface area (Å²) in [6, 6.07) is 6.47. The topological polar surface area (TPSA) is 128 Å². The van der Waals surface area contributed by atoms with Crippen LogP contribution >= 0.6 is 15.9 Å². The normalized spacial score (nSPS) is 15.2. The van der Waals surface area contributed by atoms with Gasteiger partial charge in [0.05, 0.1) is 20.7 Å². The third-order valence-electron chi connectivity index (χ3n) is 5.25. The van der Waals surface area contributed by atoms with E-state index in [-0.39, 0.29) is 52.5 Å². The van der Waals surface area contributed by atoms with E-state index in [2.05, 4.69) is 26.2 Å². The number of halogens is 3. The predicted octanol–water partition coefficient (Wildman–Crippen LogP) is 3.65. The molecule has 1 fully saturated rings. The number of hydrogen-bond donors (Lipinski definition) is 3. The summed E-state index contributed by atoms with van der Waals surface area (Å²) in [6.45, 7) is 0.373. The van der Waals surface area contributed by atoms with Gasteiger partial charge in [0.2, 0.25) is 5.78 Å². The van der Waals surface area contributed by atoms with E-state index in [1.165, 1.54) is 29.2 Å². The van der Waals surface area contributed by atoms with Crippen LogP contribution in [0.2, 0.25) is 0 Å². The Kier molecular flexibility index (Phi) is 8.00. The summed E-state index contributed by atoms with van der Waals surface area (Å²) >= 11 is 3.03. The maximum absolute atomic E-state index is 14.2. The Balaban J connectivity index is 1.61. The minimum Gasteiger partial charge on any atom is -0.324 e. The van der Waals surface area contributed by atoms with Crippen molar-refractivity contribution in [2.24, 2.45) is 10.9 Å². The van der Waals surface area contributed by atoms with Crippen molar-refractivity contribution in [3.63, 3.8) is 0 Å². The maximum Gasteiger partial charge on any atom is 0.321 e. The number of nitrogens with zero attached hydrogens (tertiary/aromatic N) is 2. The fourth-order valence-corrected chi connectivity index (χ4v) is 4.38. The number of carbonyl (C=O) groups is 2. The Labute approximate surface area is 202 Å². The lowest BCUT2D eigenvalue weighted by Gasteiger charge is -2.31. The van der Waals surface area contributed by atoms with Crippen LogP contribution in [0.3, 0.4) is 0 Å². The molecule has 0 radical (unpaired) electrons. The lowest BCUT2D eigenvalue weighted by Crippen LogP contribution is -2.44. The number of carbonyl (C=O) groups excluding carboxylic acids is 2. The second-order valence-corrected chi connectivity index (χ2v) is 10.5. The molecule has 2 aromatic rings. The molecule has 0 unspecified atom stereocenters. The number of hydrogen-bond acceptors (Lipinski definition) is 6. The van der Waals surface area contributed by atoms with Crippen molar-refractivity contribution >= 4 is 54.8 Å². The molecular formula is C21H21BrF2N4O5S. The monoisotopic (exact) mass is 558 g/mol. The molecule has 0 aliphatic carbocycles. The summed E-state index contributed by atoms with van der Waals surface area (Å²) in [5.74, 6) is -2.69. The molecule has 182 valence electrons. The van der Waals surface area contributed by atoms with E-state index in [0.717, 1.165) is 18.4 Å². The van der Waals surface area contributed by atoms with Crippen LogP contribution in [0.1, 0.15) is 12.8 Å². The first-order valence-corrected chi connectivity index (χ1v) is 12.7. The van der Waals surface area contributed by atoms with E-state index >= 15 is 0 Å². The number of ketones is 1. The van der Waals surface area contributed by atoms with Crippen molar-refractivity contribution < 1.29 is 32.0 Å². The number of hydroxylamine groups is 1. The molecule has 9 nitrogen and oxygen atoms in total. The first kappa shape index (κ1) is 25.7. The molecule has 0 atom stereocenters. The number of sulfone groups is 1. The van der Waals surface area contributed by atoms with Gasteiger partial charge < -0.3 is 10.2 Å². The van der Waals surface area contributed by atoms with Gasteiger partial charge in [-0.25, -0.2) is 32.5 Å². The number of Topliss-reactive ketones (excluding diaryl/α,β-unsaturated/α-hetero) is 1. The summed E-state index contributed by atoms with van der Waals surface area (Å²) in [5.41, 5.74) is 1.87. The maximum atomic E-state index is 14.2. The van der Waals surface area contributed by atoms with Crippen LogP contribution in [-0.4, -0.2) is 55.5 Å². The molecule has 0 spiro atoms. The van der Waals surface area contributed by atoms with E-state index in [0.29, 0.717) is 0 Å². The smallest absolute Gasteiger partial charge is 0.321 e. The van der Waals surface area contributed by atoms with E-state index in [1.54, 1.807) is 5.48 Å². The van der Waals surface area contributed by atoms with Crippen molar-refractivity contribution in [1.29, 1.82) is 0 Å². The summed E-state index contributed by atoms with van der Waals surface area (Å²) < 4.78 is 50.8. The Bertz CT molecular complexity index is 1250. The van der Waals surface area contributed by atoms with E-state index in [1.807, 2.05) is 0 Å². The molecule has 2 aromatic carbocycles. The van der Waals surface area contributed by atoms with E-state index < -0.39 is 39.2 Å². The summed E-state index contributed by atoms with van der Waals surface area (Å²) in [4.78, 5) is 30.5. The Morgan fingerprint density at radius 3 is 2.35 bits per heavy atom. The summed E-state index contributed by atoms with van der Waals surface area (Å²) in [5, 5.41) is 11.8. The highest BCUT2D eigenvalue weighted by molar-refractivity contribution is 9.10. The SMILES string of the molecule is CS(=O)(=O)c1ccc(NC(=O)N2CCC(C(=O)C(=Nc3ccc(F)c(Br)c3)NO)CC2)c(F)c1. The number of nitrogens with one attached hydrogen (secondary N) is 2. The third-order valence-corrected chi connectivity index (χ3v) is 6.96. The Hall–Kier alpha value is -2.90. The molecule has 34 heavy (non-hydrogen) atoms. The molecule has 2 amide bonds. The molecule has 1 saturated heterocycles. The van der Waals surface area contributed by atoms with Crippen LogP contribution in [0.4, 0.5) is 25.0 Å². The average Bonchev–Trinajstić information content (AvgIpc) is 2.80. The van der Waals surface area contributed by atoms with Crippen molar-refractivity contribution in [2.45, 2.75) is 17.7 Å². The third kappa shape index (κ3) is 6.15. The van der Waals surface area contributed by atoms with Gasteiger partial charge in [-0.15, -0.1) is 0 Å². The van der Waals surface area contributed by atoms with Gasteiger partial charge in [0, 0.05) is 25.3 Å². The van der Waals surface area contributed by atoms with Crippen LogP contribution in [0.25, 0.3) is 0 Å². The number of rotatable bonds is 5. The lowest BCUT2D eigenvalue weighted by molar-refractivity contribution is -0.118. The Morgan fingerprint density at radius 1 is 1.12 bits per heavy atom. The van der Waals surface area contributed by atoms with Gasteiger partial charge >= 0.3 is 6.03 Å². The number of piperidine rings is 1. The van der Waals surface area contributed by atoms with Crippen molar-refractivity contribution in [3.8, 4) is 0 Å². The molecule has 0 bridgehead atoms. The van der Waals surface area contributed by atoms with Crippen LogP contribution in [0.5, 0.6) is 0 Å². The van der Waals surface area contributed by atoms with Crippen molar-refractivity contribution in [3.05, 3.63) is 52.5 Å². The highest BCUT2D eigenvalue weighted by Crippen LogP contribution is 2.25. The largest absolute Gasteiger partial charge is 0.324 e. The van der Waals surface area contributed by atoms with Crippen LogP contribution in [-0.2, 0) is 14.6 Å². The highest BCUT2D eigenvalue weighted by atomic mass is 79.9. The molecule has 3 N–H and O–H groups in total. The first-order chi connectivity index (χ1) is 16.0. The second-order valence-electron chi connectivity index (χ2n) is 7.64. The van der Waals surface area contributed by atoms with Gasteiger partial charge in [-0.1, -0.05) is 0 Å². The van der Waals surface area contributed by atoms with Gasteiger partial charge in [-0.05, 0) is 65.2 Å². The summed E-state index contributed by atoms with van der Waals surface area (Å²) in [6.07, 6.45) is 1.50. The standard InChI is InChI=1S/C21H21BrF2N4O5S/c1-34(32,33)14-3-5-18(17(24)11-14)26-21(30)28-8-6-12(7-9-28)19(29)20(27-31)25-13-2-4-16(23)15(22)10-13/h2-5,10-12,31H,6-9H2,1H3,(H,25,27)(H,26,30). The average molecular weight is 559 g/mol. The van der Waals surface area contributed by atoms with Crippen LogP contribution in [0.15, 0.2) is 50.8 Å². The molecule has 3 rings (SSSR count). The second kappa shape index (κ2) is 10.6. The molecule has 13 heteroatoms. The highest BCUT2D eigenvalue weighted by Gasteiger charge is 2.30. The molecule has 1 aliphatic rings. The predicted molar refractivity (Wildman–Crippen MR) is 124 cm³/mol. The number of anilines is 1. The molecule has 0 saturated carbocycles. The zero-order valence-corrected chi connectivity index (χ0v) is 20.3. The van der Waals surface area contributed by atoms with Crippen LogP contribution < -0.4 is 10.8 Å².